The highest BCUT2D eigenvalue weighted by Crippen LogP contribution is 2.17. The van der Waals surface area contributed by atoms with Gasteiger partial charge in [0.25, 0.3) is 0 Å². The van der Waals surface area contributed by atoms with Crippen molar-refractivity contribution in [3.05, 3.63) is 12.3 Å². The second-order valence-corrected chi connectivity index (χ2v) is 4.36. The number of nitrogens with zero attached hydrogens (tertiary/aromatic N) is 6. The molecule has 7 heteroatoms. The Morgan fingerprint density at radius 3 is 2.45 bits per heavy atom. The molecule has 2 aromatic rings. The highest BCUT2D eigenvalue weighted by molar-refractivity contribution is 5.53. The van der Waals surface area contributed by atoms with Crippen molar-refractivity contribution in [1.82, 2.24) is 24.7 Å². The molecule has 0 fully saturated rings. The van der Waals surface area contributed by atoms with E-state index in [1.807, 2.05) is 26.2 Å². The third kappa shape index (κ3) is 3.04. The molecule has 2 rings (SSSR count). The summed E-state index contributed by atoms with van der Waals surface area (Å²) in [5.41, 5.74) is 0.752. The predicted molar refractivity (Wildman–Crippen MR) is 79.8 cm³/mol. The normalized spacial score (nSPS) is 10.6. The smallest absolute Gasteiger partial charge is 0.230 e. The summed E-state index contributed by atoms with van der Waals surface area (Å²) in [6.45, 7) is 8.66. The summed E-state index contributed by atoms with van der Waals surface area (Å²) in [4.78, 5) is 15.5. The third-order valence-corrected chi connectivity index (χ3v) is 2.95. The second kappa shape index (κ2) is 6.31. The molecule has 0 unspecified atom stereocenters. The van der Waals surface area contributed by atoms with Gasteiger partial charge in [-0.15, -0.1) is 0 Å². The number of anilines is 2. The molecule has 0 spiro atoms. The SMILES string of the molecule is CCNc1nc(-c2ccn(C)n2)nc(N(CC)CC)n1. The minimum atomic E-state index is 0.588. The van der Waals surface area contributed by atoms with E-state index in [9.17, 15) is 0 Å². The van der Waals surface area contributed by atoms with Crippen molar-refractivity contribution in [2.45, 2.75) is 20.8 Å². The van der Waals surface area contributed by atoms with Gasteiger partial charge in [0.05, 0.1) is 0 Å². The molecule has 0 atom stereocenters. The maximum atomic E-state index is 4.53. The van der Waals surface area contributed by atoms with Gasteiger partial charge in [-0.2, -0.15) is 20.1 Å². The van der Waals surface area contributed by atoms with E-state index >= 15 is 0 Å². The summed E-state index contributed by atoms with van der Waals surface area (Å²) in [5, 5.41) is 7.50. The summed E-state index contributed by atoms with van der Waals surface area (Å²) >= 11 is 0. The zero-order valence-electron chi connectivity index (χ0n) is 12.5. The van der Waals surface area contributed by atoms with E-state index in [4.69, 9.17) is 0 Å². The van der Waals surface area contributed by atoms with Crippen molar-refractivity contribution in [3.8, 4) is 11.5 Å². The van der Waals surface area contributed by atoms with Crippen LogP contribution in [0, 0.1) is 0 Å². The van der Waals surface area contributed by atoms with Gasteiger partial charge in [-0.3, -0.25) is 4.68 Å². The van der Waals surface area contributed by atoms with E-state index in [2.05, 4.69) is 44.1 Å². The number of hydrogen-bond donors (Lipinski definition) is 1. The van der Waals surface area contributed by atoms with Gasteiger partial charge in [0.1, 0.15) is 5.69 Å². The maximum absolute atomic E-state index is 4.53. The first-order valence-electron chi connectivity index (χ1n) is 6.92. The summed E-state index contributed by atoms with van der Waals surface area (Å²) in [5.74, 6) is 1.87. The molecule has 1 N–H and O–H groups in total. The Bertz CT molecular complexity index is 560. The van der Waals surface area contributed by atoms with Crippen molar-refractivity contribution in [1.29, 1.82) is 0 Å². The number of rotatable bonds is 6. The molecule has 108 valence electrons. The minimum Gasteiger partial charge on any atom is -0.354 e. The Balaban J connectivity index is 2.45. The molecule has 0 aliphatic carbocycles. The lowest BCUT2D eigenvalue weighted by Crippen LogP contribution is -2.25. The van der Waals surface area contributed by atoms with E-state index in [-0.39, 0.29) is 0 Å². The molecule has 0 amide bonds. The fraction of sp³-hybridized carbons (Fsp3) is 0.538. The summed E-state index contributed by atoms with van der Waals surface area (Å²) < 4.78 is 1.74. The minimum absolute atomic E-state index is 0.588. The molecule has 0 aliphatic heterocycles. The number of hydrogen-bond acceptors (Lipinski definition) is 6. The zero-order chi connectivity index (χ0) is 14.5. The Morgan fingerprint density at radius 2 is 1.90 bits per heavy atom. The van der Waals surface area contributed by atoms with Gasteiger partial charge in [0.15, 0.2) is 5.82 Å². The van der Waals surface area contributed by atoms with Crippen molar-refractivity contribution < 1.29 is 0 Å². The molecule has 2 heterocycles. The van der Waals surface area contributed by atoms with Crippen molar-refractivity contribution in [2.24, 2.45) is 7.05 Å². The molecular weight excluding hydrogens is 254 g/mol. The molecule has 20 heavy (non-hydrogen) atoms. The second-order valence-electron chi connectivity index (χ2n) is 4.36. The molecule has 0 aromatic carbocycles. The van der Waals surface area contributed by atoms with Gasteiger partial charge in [0.2, 0.25) is 11.9 Å². The summed E-state index contributed by atoms with van der Waals surface area (Å²) in [7, 11) is 1.88. The first-order chi connectivity index (χ1) is 9.67. The van der Waals surface area contributed by atoms with Crippen molar-refractivity contribution in [3.63, 3.8) is 0 Å². The van der Waals surface area contributed by atoms with Gasteiger partial charge < -0.3 is 10.2 Å². The number of aryl methyl sites for hydroxylation is 1. The number of aromatic nitrogens is 5. The van der Waals surface area contributed by atoms with Gasteiger partial charge in [-0.1, -0.05) is 0 Å². The van der Waals surface area contributed by atoms with Crippen LogP contribution in [0.2, 0.25) is 0 Å². The van der Waals surface area contributed by atoms with Gasteiger partial charge in [-0.25, -0.2) is 0 Å². The fourth-order valence-corrected chi connectivity index (χ4v) is 1.90. The van der Waals surface area contributed by atoms with Gasteiger partial charge in [0, 0.05) is 32.9 Å². The van der Waals surface area contributed by atoms with Gasteiger partial charge >= 0.3 is 0 Å². The molecule has 0 saturated heterocycles. The largest absolute Gasteiger partial charge is 0.354 e. The van der Waals surface area contributed by atoms with E-state index in [1.54, 1.807) is 4.68 Å². The van der Waals surface area contributed by atoms with Gasteiger partial charge in [-0.05, 0) is 26.8 Å². The van der Waals surface area contributed by atoms with Crippen LogP contribution < -0.4 is 10.2 Å². The molecule has 7 nitrogen and oxygen atoms in total. The first-order valence-corrected chi connectivity index (χ1v) is 6.92. The van der Waals surface area contributed by atoms with E-state index < -0.39 is 0 Å². The lowest BCUT2D eigenvalue weighted by atomic mass is 10.4. The van der Waals surface area contributed by atoms with Crippen LogP contribution in [0.4, 0.5) is 11.9 Å². The van der Waals surface area contributed by atoms with Crippen molar-refractivity contribution >= 4 is 11.9 Å². The lowest BCUT2D eigenvalue weighted by Gasteiger charge is -2.19. The van der Waals surface area contributed by atoms with Crippen LogP contribution in [0.3, 0.4) is 0 Å². The van der Waals surface area contributed by atoms with Crippen LogP contribution in [-0.4, -0.2) is 44.4 Å². The molecule has 0 radical (unpaired) electrons. The number of nitrogens with one attached hydrogen (secondary N) is 1. The summed E-state index contributed by atoms with van der Waals surface area (Å²) in [6.07, 6.45) is 1.88. The topological polar surface area (TPSA) is 71.8 Å². The highest BCUT2D eigenvalue weighted by atomic mass is 15.3. The Morgan fingerprint density at radius 1 is 1.15 bits per heavy atom. The monoisotopic (exact) mass is 275 g/mol. The van der Waals surface area contributed by atoms with Crippen LogP contribution >= 0.6 is 0 Å². The van der Waals surface area contributed by atoms with Crippen LogP contribution in [0.15, 0.2) is 12.3 Å². The standard InChI is InChI=1S/C13H21N7/c1-5-14-12-15-11(10-8-9-19(4)18-10)16-13(17-12)20(6-2)7-3/h8-9H,5-7H2,1-4H3,(H,14,15,16,17). The van der Waals surface area contributed by atoms with E-state index in [0.717, 1.165) is 25.3 Å². The quantitative estimate of drug-likeness (QED) is 0.862. The van der Waals surface area contributed by atoms with E-state index in [1.165, 1.54) is 0 Å². The predicted octanol–water partition coefficient (Wildman–Crippen LogP) is 1.55. The highest BCUT2D eigenvalue weighted by Gasteiger charge is 2.13. The van der Waals surface area contributed by atoms with Crippen LogP contribution in [-0.2, 0) is 7.05 Å². The average Bonchev–Trinajstić information content (AvgIpc) is 2.87. The molecule has 0 saturated carbocycles. The zero-order valence-corrected chi connectivity index (χ0v) is 12.5. The maximum Gasteiger partial charge on any atom is 0.230 e. The third-order valence-electron chi connectivity index (χ3n) is 2.95. The first kappa shape index (κ1) is 14.2. The average molecular weight is 275 g/mol. The molecular formula is C13H21N7. The van der Waals surface area contributed by atoms with Crippen LogP contribution in [0.5, 0.6) is 0 Å². The van der Waals surface area contributed by atoms with Crippen molar-refractivity contribution in [2.75, 3.05) is 29.9 Å². The lowest BCUT2D eigenvalue weighted by molar-refractivity contribution is 0.766. The Kier molecular flexibility index (Phi) is 4.49. The summed E-state index contributed by atoms with van der Waals surface area (Å²) in [6, 6.07) is 1.90. The van der Waals surface area contributed by atoms with E-state index in [0.29, 0.717) is 17.7 Å². The Labute approximate surface area is 119 Å². The molecule has 2 aromatic heterocycles. The van der Waals surface area contributed by atoms with Crippen LogP contribution in [0.1, 0.15) is 20.8 Å². The molecule has 0 aliphatic rings. The van der Waals surface area contributed by atoms with Crippen LogP contribution in [0.25, 0.3) is 11.5 Å². The Hall–Kier alpha value is -2.18. The molecule has 0 bridgehead atoms. The fourth-order valence-electron chi connectivity index (χ4n) is 1.90.